The van der Waals surface area contributed by atoms with Crippen LogP contribution in [0.3, 0.4) is 0 Å². The zero-order valence-corrected chi connectivity index (χ0v) is 12.8. The Bertz CT molecular complexity index is 462. The third-order valence-electron chi connectivity index (χ3n) is 3.18. The number of hydrogen-bond acceptors (Lipinski definition) is 6. The van der Waals surface area contributed by atoms with Gasteiger partial charge in [0.05, 0.1) is 5.92 Å². The highest BCUT2D eigenvalue weighted by Gasteiger charge is 2.20. The second kappa shape index (κ2) is 7.04. The number of nitrogens with zero attached hydrogens (tertiary/aromatic N) is 3. The van der Waals surface area contributed by atoms with Crippen LogP contribution in [-0.2, 0) is 4.79 Å². The molecular weight excluding hydrogens is 256 g/mol. The van der Waals surface area contributed by atoms with E-state index in [2.05, 4.69) is 34.6 Å². The average Bonchev–Trinajstić information content (AvgIpc) is 2.44. The van der Waals surface area contributed by atoms with Gasteiger partial charge in [-0.3, -0.25) is 4.79 Å². The van der Waals surface area contributed by atoms with Gasteiger partial charge in [0.2, 0.25) is 5.91 Å². The van der Waals surface area contributed by atoms with Crippen LogP contribution >= 0.6 is 0 Å². The maximum absolute atomic E-state index is 11.6. The van der Waals surface area contributed by atoms with E-state index in [-0.39, 0.29) is 17.7 Å². The summed E-state index contributed by atoms with van der Waals surface area (Å²) in [6.45, 7) is 6.56. The highest BCUT2D eigenvalue weighted by molar-refractivity contribution is 5.78. The summed E-state index contributed by atoms with van der Waals surface area (Å²) in [5, 5.41) is 2.65. The van der Waals surface area contributed by atoms with Gasteiger partial charge in [-0.25, -0.2) is 15.8 Å². The largest absolute Gasteiger partial charge is 0.359 e. The molecule has 1 atom stereocenters. The summed E-state index contributed by atoms with van der Waals surface area (Å²) in [4.78, 5) is 22.0. The van der Waals surface area contributed by atoms with Crippen LogP contribution in [0.4, 0.5) is 11.6 Å². The lowest BCUT2D eigenvalue weighted by Crippen LogP contribution is -2.35. The van der Waals surface area contributed by atoms with Crippen molar-refractivity contribution >= 4 is 17.5 Å². The van der Waals surface area contributed by atoms with Crippen LogP contribution in [0.2, 0.25) is 0 Å². The molecule has 1 aromatic rings. The van der Waals surface area contributed by atoms with Crippen LogP contribution < -0.4 is 21.5 Å². The summed E-state index contributed by atoms with van der Waals surface area (Å²) >= 11 is 0. The summed E-state index contributed by atoms with van der Waals surface area (Å²) in [5.74, 6) is 7.01. The number of carbonyl (C=O) groups is 1. The van der Waals surface area contributed by atoms with Gasteiger partial charge in [-0.05, 0) is 5.92 Å². The smallest absolute Gasteiger partial charge is 0.224 e. The standard InChI is InChI=1S/C13H24N6O/c1-8(2)10-11(18-14)16-7-17-12(10)19(5)6-9(3)13(20)15-4/h7-9H,6,14H2,1-5H3,(H,15,20)(H,16,17,18). The minimum atomic E-state index is -0.130. The Morgan fingerprint density at radius 3 is 2.55 bits per heavy atom. The quantitative estimate of drug-likeness (QED) is 0.524. The number of hydrazine groups is 1. The zero-order chi connectivity index (χ0) is 15.3. The molecule has 1 aromatic heterocycles. The highest BCUT2D eigenvalue weighted by Crippen LogP contribution is 2.29. The number of nitrogens with one attached hydrogen (secondary N) is 2. The lowest BCUT2D eigenvalue weighted by molar-refractivity contribution is -0.123. The maximum Gasteiger partial charge on any atom is 0.224 e. The molecule has 7 nitrogen and oxygen atoms in total. The summed E-state index contributed by atoms with van der Waals surface area (Å²) in [7, 11) is 3.55. The van der Waals surface area contributed by atoms with Crippen LogP contribution in [0.15, 0.2) is 6.33 Å². The monoisotopic (exact) mass is 280 g/mol. The van der Waals surface area contributed by atoms with Gasteiger partial charge in [-0.1, -0.05) is 20.8 Å². The summed E-state index contributed by atoms with van der Waals surface area (Å²) in [6.07, 6.45) is 1.47. The molecule has 0 spiro atoms. The van der Waals surface area contributed by atoms with Gasteiger partial charge < -0.3 is 15.6 Å². The Kier molecular flexibility index (Phi) is 5.69. The molecule has 0 aliphatic carbocycles. The number of rotatable bonds is 6. The van der Waals surface area contributed by atoms with Gasteiger partial charge in [-0.15, -0.1) is 0 Å². The third kappa shape index (κ3) is 3.57. The van der Waals surface area contributed by atoms with Gasteiger partial charge >= 0.3 is 0 Å². The topological polar surface area (TPSA) is 96.2 Å². The minimum Gasteiger partial charge on any atom is -0.359 e. The fourth-order valence-corrected chi connectivity index (χ4v) is 2.16. The summed E-state index contributed by atoms with van der Waals surface area (Å²) in [6, 6.07) is 0. The molecule has 0 aliphatic heterocycles. The van der Waals surface area contributed by atoms with E-state index in [0.29, 0.717) is 12.4 Å². The molecule has 1 heterocycles. The van der Waals surface area contributed by atoms with Gasteiger partial charge in [0.15, 0.2) is 0 Å². The van der Waals surface area contributed by atoms with Crippen LogP contribution in [-0.4, -0.2) is 36.5 Å². The molecule has 1 rings (SSSR count). The van der Waals surface area contributed by atoms with Crippen molar-refractivity contribution in [1.82, 2.24) is 15.3 Å². The van der Waals surface area contributed by atoms with Crippen molar-refractivity contribution in [2.75, 3.05) is 31.0 Å². The molecule has 0 radical (unpaired) electrons. The van der Waals surface area contributed by atoms with Crippen molar-refractivity contribution < 1.29 is 4.79 Å². The van der Waals surface area contributed by atoms with Crippen molar-refractivity contribution in [3.8, 4) is 0 Å². The second-order valence-electron chi connectivity index (χ2n) is 5.15. The van der Waals surface area contributed by atoms with Crippen molar-refractivity contribution in [3.63, 3.8) is 0 Å². The second-order valence-corrected chi connectivity index (χ2v) is 5.15. The summed E-state index contributed by atoms with van der Waals surface area (Å²) < 4.78 is 0. The first-order valence-electron chi connectivity index (χ1n) is 6.66. The fourth-order valence-electron chi connectivity index (χ4n) is 2.16. The first-order chi connectivity index (χ1) is 9.42. The Morgan fingerprint density at radius 1 is 1.40 bits per heavy atom. The van der Waals surface area contributed by atoms with E-state index in [1.807, 2.05) is 18.9 Å². The van der Waals surface area contributed by atoms with E-state index in [1.165, 1.54) is 6.33 Å². The molecule has 4 N–H and O–H groups in total. The van der Waals surface area contributed by atoms with Gasteiger partial charge in [0, 0.05) is 26.2 Å². The first kappa shape index (κ1) is 16.2. The minimum absolute atomic E-state index is 0.00850. The van der Waals surface area contributed by atoms with E-state index < -0.39 is 0 Å². The molecule has 7 heteroatoms. The number of aromatic nitrogens is 2. The average molecular weight is 280 g/mol. The van der Waals surface area contributed by atoms with E-state index in [1.54, 1.807) is 7.05 Å². The number of nitrogen functional groups attached to an aromatic ring is 1. The van der Waals surface area contributed by atoms with E-state index >= 15 is 0 Å². The predicted molar refractivity (Wildman–Crippen MR) is 80.4 cm³/mol. The van der Waals surface area contributed by atoms with Crippen LogP contribution in [0.1, 0.15) is 32.3 Å². The molecule has 0 saturated heterocycles. The molecule has 0 aromatic carbocycles. The number of amides is 1. The van der Waals surface area contributed by atoms with Crippen molar-refractivity contribution in [1.29, 1.82) is 0 Å². The van der Waals surface area contributed by atoms with Crippen molar-refractivity contribution in [2.24, 2.45) is 11.8 Å². The lowest BCUT2D eigenvalue weighted by Gasteiger charge is -2.25. The number of hydrogen-bond donors (Lipinski definition) is 3. The van der Waals surface area contributed by atoms with E-state index in [9.17, 15) is 4.79 Å². The first-order valence-corrected chi connectivity index (χ1v) is 6.66. The van der Waals surface area contributed by atoms with Gasteiger partial charge in [0.25, 0.3) is 0 Å². The Hall–Kier alpha value is -1.89. The molecule has 0 aliphatic rings. The van der Waals surface area contributed by atoms with Crippen LogP contribution in [0, 0.1) is 5.92 Å². The Balaban J connectivity index is 3.03. The molecule has 20 heavy (non-hydrogen) atoms. The van der Waals surface area contributed by atoms with Gasteiger partial charge in [-0.2, -0.15) is 0 Å². The van der Waals surface area contributed by atoms with Gasteiger partial charge in [0.1, 0.15) is 18.0 Å². The Morgan fingerprint density at radius 2 is 2.05 bits per heavy atom. The Labute approximate surface area is 119 Å². The van der Waals surface area contributed by atoms with E-state index in [0.717, 1.165) is 11.4 Å². The molecule has 1 unspecified atom stereocenters. The summed E-state index contributed by atoms with van der Waals surface area (Å²) in [5.41, 5.74) is 3.55. The molecular formula is C13H24N6O. The van der Waals surface area contributed by atoms with Crippen LogP contribution in [0.25, 0.3) is 0 Å². The molecule has 0 saturated carbocycles. The SMILES string of the molecule is CNC(=O)C(C)CN(C)c1ncnc(NN)c1C(C)C. The zero-order valence-electron chi connectivity index (χ0n) is 12.8. The lowest BCUT2D eigenvalue weighted by atomic mass is 10.0. The van der Waals surface area contributed by atoms with Crippen molar-refractivity contribution in [3.05, 3.63) is 11.9 Å². The number of carbonyl (C=O) groups excluding carboxylic acids is 1. The normalized spacial score (nSPS) is 12.2. The van der Waals surface area contributed by atoms with E-state index in [4.69, 9.17) is 5.84 Å². The maximum atomic E-state index is 11.6. The third-order valence-corrected chi connectivity index (χ3v) is 3.18. The van der Waals surface area contributed by atoms with Crippen molar-refractivity contribution in [2.45, 2.75) is 26.7 Å². The molecule has 1 amide bonds. The molecule has 112 valence electrons. The predicted octanol–water partition coefficient (Wildman–Crippen LogP) is 0.704. The number of anilines is 2. The number of nitrogens with two attached hydrogens (primary N) is 1. The highest BCUT2D eigenvalue weighted by atomic mass is 16.1. The molecule has 0 bridgehead atoms. The fraction of sp³-hybridized carbons (Fsp3) is 0.615. The van der Waals surface area contributed by atoms with Crippen LogP contribution in [0.5, 0.6) is 0 Å². The molecule has 0 fully saturated rings.